The highest BCUT2D eigenvalue weighted by molar-refractivity contribution is 9.10. The van der Waals surface area contributed by atoms with Crippen molar-refractivity contribution < 1.29 is 13.2 Å². The minimum atomic E-state index is -3.85. The first-order chi connectivity index (χ1) is 9.29. The van der Waals surface area contributed by atoms with Crippen molar-refractivity contribution >= 4 is 31.9 Å². The van der Waals surface area contributed by atoms with Gasteiger partial charge in [-0.2, -0.15) is 0 Å². The van der Waals surface area contributed by atoms with Crippen molar-refractivity contribution in [1.29, 1.82) is 0 Å². The molecule has 1 amide bonds. The van der Waals surface area contributed by atoms with Crippen molar-refractivity contribution in [2.45, 2.75) is 31.1 Å². The second kappa shape index (κ2) is 5.83. The lowest BCUT2D eigenvalue weighted by Crippen LogP contribution is -2.26. The number of primary sulfonamides is 1. The average molecular weight is 361 g/mol. The van der Waals surface area contributed by atoms with E-state index in [4.69, 9.17) is 5.14 Å². The largest absolute Gasteiger partial charge is 0.352 e. The van der Waals surface area contributed by atoms with Gasteiger partial charge in [0, 0.05) is 16.6 Å². The van der Waals surface area contributed by atoms with E-state index in [1.807, 2.05) is 0 Å². The molecule has 0 saturated heterocycles. The summed E-state index contributed by atoms with van der Waals surface area (Å²) in [7, 11) is -3.85. The summed E-state index contributed by atoms with van der Waals surface area (Å²) in [5.41, 5.74) is 0.707. The van der Waals surface area contributed by atoms with Gasteiger partial charge in [-0.1, -0.05) is 28.8 Å². The van der Waals surface area contributed by atoms with Gasteiger partial charge in [-0.05, 0) is 37.0 Å². The summed E-state index contributed by atoms with van der Waals surface area (Å²) in [5.74, 6) is 0.466. The first-order valence-corrected chi connectivity index (χ1v) is 8.74. The van der Waals surface area contributed by atoms with Gasteiger partial charge in [-0.25, -0.2) is 13.6 Å². The van der Waals surface area contributed by atoms with Gasteiger partial charge in [0.1, 0.15) is 0 Å². The quantitative estimate of drug-likeness (QED) is 0.840. The van der Waals surface area contributed by atoms with Crippen molar-refractivity contribution in [2.24, 2.45) is 11.1 Å². The number of rotatable bonds is 5. The number of carbonyl (C=O) groups excluding carboxylic acids is 1. The van der Waals surface area contributed by atoms with Crippen LogP contribution in [0.2, 0.25) is 0 Å². The highest BCUT2D eigenvalue weighted by atomic mass is 79.9. The monoisotopic (exact) mass is 360 g/mol. The second-order valence-corrected chi connectivity index (χ2v) is 7.55. The van der Waals surface area contributed by atoms with Gasteiger partial charge in [0.15, 0.2) is 0 Å². The molecule has 0 radical (unpaired) electrons. The third kappa shape index (κ3) is 3.80. The fraction of sp³-hybridized carbons (Fsp3) is 0.462. The molecule has 0 unspecified atom stereocenters. The van der Waals surface area contributed by atoms with Crippen LogP contribution in [0.5, 0.6) is 0 Å². The van der Waals surface area contributed by atoms with Crippen LogP contribution in [0.25, 0.3) is 0 Å². The number of hydrogen-bond donors (Lipinski definition) is 2. The molecule has 2 rings (SSSR count). The Morgan fingerprint density at radius 3 is 2.65 bits per heavy atom. The summed E-state index contributed by atoms with van der Waals surface area (Å²) in [5, 5.41) is 7.98. The molecule has 0 aliphatic heterocycles. The Labute approximate surface area is 127 Å². The van der Waals surface area contributed by atoms with Crippen LogP contribution in [0.1, 0.15) is 35.2 Å². The maximum atomic E-state index is 12.1. The molecule has 1 aliphatic carbocycles. The molecular formula is C13H17BrN2O3S. The molecule has 1 aromatic rings. The molecule has 0 aromatic heterocycles. The minimum Gasteiger partial charge on any atom is -0.352 e. The highest BCUT2D eigenvalue weighted by Gasteiger charge is 2.22. The average Bonchev–Trinajstić information content (AvgIpc) is 3.14. The summed E-state index contributed by atoms with van der Waals surface area (Å²) in [6, 6.07) is 3.02. The van der Waals surface area contributed by atoms with Crippen molar-refractivity contribution in [3.8, 4) is 0 Å². The van der Waals surface area contributed by atoms with Crippen LogP contribution in [-0.2, 0) is 10.0 Å². The number of halogens is 1. The SMILES string of the molecule is Cc1c(C(=O)NCCC2CC2)cc(Br)cc1S(N)(=O)=O. The number of carbonyl (C=O) groups is 1. The van der Waals surface area contributed by atoms with E-state index >= 15 is 0 Å². The van der Waals surface area contributed by atoms with Gasteiger partial charge in [0.25, 0.3) is 5.91 Å². The smallest absolute Gasteiger partial charge is 0.251 e. The number of amides is 1. The van der Waals surface area contributed by atoms with E-state index in [1.165, 1.54) is 18.9 Å². The zero-order valence-corrected chi connectivity index (χ0v) is 13.6. The number of hydrogen-bond acceptors (Lipinski definition) is 3. The molecule has 1 aromatic carbocycles. The molecule has 0 heterocycles. The van der Waals surface area contributed by atoms with Gasteiger partial charge >= 0.3 is 0 Å². The fourth-order valence-electron chi connectivity index (χ4n) is 2.08. The van der Waals surface area contributed by atoms with Gasteiger partial charge < -0.3 is 5.32 Å². The van der Waals surface area contributed by atoms with Crippen molar-refractivity contribution in [3.63, 3.8) is 0 Å². The third-order valence-corrected chi connectivity index (χ3v) is 4.91. The summed E-state index contributed by atoms with van der Waals surface area (Å²) in [4.78, 5) is 12.1. The van der Waals surface area contributed by atoms with E-state index in [1.54, 1.807) is 13.0 Å². The minimum absolute atomic E-state index is 0.0285. The molecule has 0 spiro atoms. The van der Waals surface area contributed by atoms with E-state index in [0.717, 1.165) is 12.3 Å². The summed E-state index contributed by atoms with van der Waals surface area (Å²) in [6.45, 7) is 2.20. The Hall–Kier alpha value is -0.920. The lowest BCUT2D eigenvalue weighted by atomic mass is 10.1. The normalized spacial score (nSPS) is 15.2. The molecule has 1 saturated carbocycles. The standard InChI is InChI=1S/C13H17BrN2O3S/c1-8-11(13(17)16-5-4-9-2-3-9)6-10(14)7-12(8)20(15,18)19/h6-7,9H,2-5H2,1H3,(H,16,17)(H2,15,18,19). The van der Waals surface area contributed by atoms with Crippen LogP contribution in [-0.4, -0.2) is 20.9 Å². The van der Waals surface area contributed by atoms with Crippen molar-refractivity contribution in [1.82, 2.24) is 5.32 Å². The molecule has 1 aliphatic rings. The molecule has 0 atom stereocenters. The third-order valence-electron chi connectivity index (χ3n) is 3.41. The number of nitrogens with one attached hydrogen (secondary N) is 1. The maximum Gasteiger partial charge on any atom is 0.251 e. The Morgan fingerprint density at radius 1 is 1.45 bits per heavy atom. The topological polar surface area (TPSA) is 89.3 Å². The Kier molecular flexibility index (Phi) is 4.51. The molecule has 110 valence electrons. The summed E-state index contributed by atoms with van der Waals surface area (Å²) < 4.78 is 23.5. The predicted molar refractivity (Wildman–Crippen MR) is 79.9 cm³/mol. The van der Waals surface area contributed by atoms with Crippen LogP contribution in [0.4, 0.5) is 0 Å². The zero-order valence-electron chi connectivity index (χ0n) is 11.1. The van der Waals surface area contributed by atoms with Gasteiger partial charge in [0.05, 0.1) is 4.90 Å². The predicted octanol–water partition coefficient (Wildman–Crippen LogP) is 1.93. The van der Waals surface area contributed by atoms with Crippen LogP contribution in [0.3, 0.4) is 0 Å². The van der Waals surface area contributed by atoms with E-state index in [9.17, 15) is 13.2 Å². The van der Waals surface area contributed by atoms with Crippen LogP contribution >= 0.6 is 15.9 Å². The molecule has 7 heteroatoms. The first kappa shape index (κ1) is 15.5. The van der Waals surface area contributed by atoms with E-state index in [-0.39, 0.29) is 10.8 Å². The lowest BCUT2D eigenvalue weighted by molar-refractivity contribution is 0.0951. The molecule has 1 fully saturated rings. The first-order valence-electron chi connectivity index (χ1n) is 6.40. The number of sulfonamides is 1. The highest BCUT2D eigenvalue weighted by Crippen LogP contribution is 2.31. The second-order valence-electron chi connectivity index (χ2n) is 5.11. The Balaban J connectivity index is 2.21. The maximum absolute atomic E-state index is 12.1. The number of benzene rings is 1. The summed E-state index contributed by atoms with van der Waals surface area (Å²) in [6.07, 6.45) is 3.45. The summed E-state index contributed by atoms with van der Waals surface area (Å²) >= 11 is 3.21. The van der Waals surface area contributed by atoms with Gasteiger partial charge in [-0.15, -0.1) is 0 Å². The fourth-order valence-corrected chi connectivity index (χ4v) is 3.51. The molecule has 5 nitrogen and oxygen atoms in total. The van der Waals surface area contributed by atoms with Crippen LogP contribution in [0, 0.1) is 12.8 Å². The van der Waals surface area contributed by atoms with Crippen LogP contribution in [0.15, 0.2) is 21.5 Å². The lowest BCUT2D eigenvalue weighted by Gasteiger charge is -2.11. The van der Waals surface area contributed by atoms with E-state index in [0.29, 0.717) is 22.1 Å². The van der Waals surface area contributed by atoms with Gasteiger partial charge in [0.2, 0.25) is 10.0 Å². The Bertz CT molecular complexity index is 639. The molecule has 0 bridgehead atoms. The molecule has 20 heavy (non-hydrogen) atoms. The van der Waals surface area contributed by atoms with Crippen LogP contribution < -0.4 is 10.5 Å². The van der Waals surface area contributed by atoms with E-state index < -0.39 is 10.0 Å². The van der Waals surface area contributed by atoms with Crippen molar-refractivity contribution in [3.05, 3.63) is 27.7 Å². The molecule has 3 N–H and O–H groups in total. The van der Waals surface area contributed by atoms with Crippen molar-refractivity contribution in [2.75, 3.05) is 6.54 Å². The zero-order chi connectivity index (χ0) is 14.9. The molecular weight excluding hydrogens is 344 g/mol. The Morgan fingerprint density at radius 2 is 2.10 bits per heavy atom. The van der Waals surface area contributed by atoms with E-state index in [2.05, 4.69) is 21.2 Å². The number of nitrogens with two attached hydrogens (primary N) is 1. The van der Waals surface area contributed by atoms with Gasteiger partial charge in [-0.3, -0.25) is 4.79 Å².